The van der Waals surface area contributed by atoms with E-state index in [1.54, 1.807) is 11.0 Å². The summed E-state index contributed by atoms with van der Waals surface area (Å²) in [5, 5.41) is 6.64. The smallest absolute Gasteiger partial charge is 0.410 e. The fourth-order valence-electron chi connectivity index (χ4n) is 2.59. The second-order valence-electron chi connectivity index (χ2n) is 6.98. The van der Waals surface area contributed by atoms with Crippen LogP contribution < -0.4 is 5.32 Å². The number of hydrogen-bond acceptors (Lipinski definition) is 5. The molecule has 1 saturated heterocycles. The third-order valence-electron chi connectivity index (χ3n) is 3.74. The second-order valence-corrected chi connectivity index (χ2v) is 6.98. The van der Waals surface area contributed by atoms with Crippen LogP contribution >= 0.6 is 0 Å². The monoisotopic (exact) mass is 345 g/mol. The highest BCUT2D eigenvalue weighted by Crippen LogP contribution is 2.28. The minimum Gasteiger partial charge on any atom is -0.444 e. The number of aromatic nitrogens is 1. The lowest BCUT2D eigenvalue weighted by atomic mass is 9.93. The van der Waals surface area contributed by atoms with Crippen molar-refractivity contribution >= 4 is 6.09 Å². The van der Waals surface area contributed by atoms with Crippen LogP contribution in [-0.4, -0.2) is 47.8 Å². The van der Waals surface area contributed by atoms with E-state index >= 15 is 0 Å². The number of amides is 1. The molecule has 0 aliphatic carbocycles. The number of hydrogen-bond donors (Lipinski definition) is 1. The van der Waals surface area contributed by atoms with E-state index < -0.39 is 12.0 Å². The molecule has 1 aromatic rings. The Hall–Kier alpha value is -1.70. The number of halogens is 2. The van der Waals surface area contributed by atoms with Gasteiger partial charge in [-0.3, -0.25) is 0 Å². The van der Waals surface area contributed by atoms with Gasteiger partial charge in [0.25, 0.3) is 6.43 Å². The topological polar surface area (TPSA) is 67.6 Å². The number of alkyl halides is 2. The summed E-state index contributed by atoms with van der Waals surface area (Å²) in [5.74, 6) is 0.747. The van der Waals surface area contributed by atoms with Gasteiger partial charge in [0.2, 0.25) is 0 Å². The number of carbonyl (C=O) groups excluding carboxylic acids is 1. The molecule has 0 bridgehead atoms. The molecule has 0 unspecified atom stereocenters. The molecular formula is C16H25F2N3O3. The lowest BCUT2D eigenvalue weighted by Gasteiger charge is -2.32. The van der Waals surface area contributed by atoms with Crippen LogP contribution in [0.15, 0.2) is 10.6 Å². The van der Waals surface area contributed by atoms with Gasteiger partial charge < -0.3 is 19.5 Å². The molecule has 1 aromatic heterocycles. The van der Waals surface area contributed by atoms with Crippen molar-refractivity contribution in [3.8, 4) is 0 Å². The minimum absolute atomic E-state index is 0.205. The molecule has 2 heterocycles. The Morgan fingerprint density at radius 1 is 1.46 bits per heavy atom. The SMILES string of the molecule is CC(C)(C)OC(=O)N1CCC(c2cc(CNCC(F)F)on2)CC1. The van der Waals surface area contributed by atoms with Crippen LogP contribution in [0.4, 0.5) is 13.6 Å². The Labute approximate surface area is 140 Å². The van der Waals surface area contributed by atoms with Crippen molar-refractivity contribution in [2.45, 2.75) is 58.1 Å². The summed E-state index contributed by atoms with van der Waals surface area (Å²) in [7, 11) is 0. The van der Waals surface area contributed by atoms with Gasteiger partial charge in [0.1, 0.15) is 5.60 Å². The average molecular weight is 345 g/mol. The lowest BCUT2D eigenvalue weighted by molar-refractivity contribution is 0.0203. The van der Waals surface area contributed by atoms with Crippen molar-refractivity contribution in [2.75, 3.05) is 19.6 Å². The molecule has 2 rings (SSSR count). The number of nitrogens with zero attached hydrogens (tertiary/aromatic N) is 2. The molecule has 0 atom stereocenters. The number of rotatable bonds is 5. The van der Waals surface area contributed by atoms with E-state index in [0.717, 1.165) is 18.5 Å². The van der Waals surface area contributed by atoms with Crippen LogP contribution in [0.5, 0.6) is 0 Å². The van der Waals surface area contributed by atoms with E-state index in [9.17, 15) is 13.6 Å². The summed E-state index contributed by atoms with van der Waals surface area (Å²) in [6, 6.07) is 1.80. The quantitative estimate of drug-likeness (QED) is 0.888. The summed E-state index contributed by atoms with van der Waals surface area (Å²) in [4.78, 5) is 13.7. The Balaban J connectivity index is 1.80. The fourth-order valence-corrected chi connectivity index (χ4v) is 2.59. The number of likely N-dealkylation sites (tertiary alicyclic amines) is 1. The molecule has 0 spiro atoms. The van der Waals surface area contributed by atoms with Crippen LogP contribution in [0.25, 0.3) is 0 Å². The highest BCUT2D eigenvalue weighted by atomic mass is 19.3. The van der Waals surface area contributed by atoms with E-state index in [4.69, 9.17) is 9.26 Å². The zero-order valence-electron chi connectivity index (χ0n) is 14.3. The van der Waals surface area contributed by atoms with Crippen molar-refractivity contribution < 1.29 is 22.8 Å². The second kappa shape index (κ2) is 7.92. The number of carbonyl (C=O) groups is 1. The highest BCUT2D eigenvalue weighted by molar-refractivity contribution is 5.68. The summed E-state index contributed by atoms with van der Waals surface area (Å²) < 4.78 is 34.7. The van der Waals surface area contributed by atoms with Gasteiger partial charge in [-0.2, -0.15) is 0 Å². The van der Waals surface area contributed by atoms with Crippen LogP contribution in [-0.2, 0) is 11.3 Å². The largest absolute Gasteiger partial charge is 0.444 e. The van der Waals surface area contributed by atoms with Gasteiger partial charge in [-0.15, -0.1) is 0 Å². The molecule has 0 saturated carbocycles. The van der Waals surface area contributed by atoms with Crippen LogP contribution in [0.1, 0.15) is 51.0 Å². The lowest BCUT2D eigenvalue weighted by Crippen LogP contribution is -2.41. The van der Waals surface area contributed by atoms with E-state index in [1.807, 2.05) is 20.8 Å². The molecule has 24 heavy (non-hydrogen) atoms. The van der Waals surface area contributed by atoms with E-state index in [0.29, 0.717) is 18.8 Å². The van der Waals surface area contributed by atoms with Gasteiger partial charge in [-0.05, 0) is 33.6 Å². The van der Waals surface area contributed by atoms with Crippen LogP contribution in [0, 0.1) is 0 Å². The van der Waals surface area contributed by atoms with Crippen molar-refractivity contribution in [1.82, 2.24) is 15.4 Å². The maximum atomic E-state index is 12.1. The molecule has 0 aromatic carbocycles. The first-order valence-electron chi connectivity index (χ1n) is 8.17. The Bertz CT molecular complexity index is 535. The zero-order valence-corrected chi connectivity index (χ0v) is 14.3. The van der Waals surface area contributed by atoms with E-state index in [-0.39, 0.29) is 25.1 Å². The summed E-state index contributed by atoms with van der Waals surface area (Å²) in [6.45, 7) is 6.60. The highest BCUT2D eigenvalue weighted by Gasteiger charge is 2.28. The van der Waals surface area contributed by atoms with Gasteiger partial charge >= 0.3 is 6.09 Å². The molecule has 1 amide bonds. The number of ether oxygens (including phenoxy) is 1. The van der Waals surface area contributed by atoms with Gasteiger partial charge in [-0.25, -0.2) is 13.6 Å². The van der Waals surface area contributed by atoms with Gasteiger partial charge in [-0.1, -0.05) is 5.16 Å². The number of nitrogens with one attached hydrogen (secondary N) is 1. The molecule has 0 radical (unpaired) electrons. The van der Waals surface area contributed by atoms with Crippen molar-refractivity contribution in [2.24, 2.45) is 0 Å². The van der Waals surface area contributed by atoms with Crippen molar-refractivity contribution in [3.63, 3.8) is 0 Å². The Morgan fingerprint density at radius 2 is 2.12 bits per heavy atom. The maximum absolute atomic E-state index is 12.1. The minimum atomic E-state index is -2.38. The van der Waals surface area contributed by atoms with Crippen LogP contribution in [0.3, 0.4) is 0 Å². The molecule has 1 fully saturated rings. The molecule has 136 valence electrons. The van der Waals surface area contributed by atoms with E-state index in [2.05, 4.69) is 10.5 Å². The zero-order chi connectivity index (χ0) is 17.7. The molecule has 1 N–H and O–H groups in total. The molecule has 1 aliphatic rings. The molecule has 1 aliphatic heterocycles. The standard InChI is InChI=1S/C16H25F2N3O3/c1-16(2,3)23-15(22)21-6-4-11(5-7-21)13-8-12(24-20-13)9-19-10-14(17)18/h8,11,14,19H,4-7,9-10H2,1-3H3. The third-order valence-corrected chi connectivity index (χ3v) is 3.74. The average Bonchev–Trinajstić information content (AvgIpc) is 2.94. The van der Waals surface area contributed by atoms with Gasteiger partial charge in [0.05, 0.1) is 18.8 Å². The maximum Gasteiger partial charge on any atom is 0.410 e. The van der Waals surface area contributed by atoms with Crippen molar-refractivity contribution in [1.29, 1.82) is 0 Å². The summed E-state index contributed by atoms with van der Waals surface area (Å²) >= 11 is 0. The third kappa shape index (κ3) is 5.74. The summed E-state index contributed by atoms with van der Waals surface area (Å²) in [5.41, 5.74) is 0.313. The number of piperidine rings is 1. The Morgan fingerprint density at radius 3 is 2.71 bits per heavy atom. The molecule has 6 nitrogen and oxygen atoms in total. The first kappa shape index (κ1) is 18.6. The molecular weight excluding hydrogens is 320 g/mol. The van der Waals surface area contributed by atoms with Crippen molar-refractivity contribution in [3.05, 3.63) is 17.5 Å². The fraction of sp³-hybridized carbons (Fsp3) is 0.750. The predicted octanol–water partition coefficient (Wildman–Crippen LogP) is 3.14. The van der Waals surface area contributed by atoms with Gasteiger partial charge in [0, 0.05) is 25.1 Å². The molecule has 8 heteroatoms. The summed E-state index contributed by atoms with van der Waals surface area (Å²) in [6.07, 6.45) is -1.13. The first-order valence-corrected chi connectivity index (χ1v) is 8.17. The Kier molecular flexibility index (Phi) is 6.15. The predicted molar refractivity (Wildman–Crippen MR) is 84.0 cm³/mol. The normalized spacial score (nSPS) is 16.7. The first-order chi connectivity index (χ1) is 11.2. The van der Waals surface area contributed by atoms with Gasteiger partial charge in [0.15, 0.2) is 5.76 Å². The van der Waals surface area contributed by atoms with Crippen LogP contribution in [0.2, 0.25) is 0 Å². The van der Waals surface area contributed by atoms with E-state index in [1.165, 1.54) is 0 Å².